The van der Waals surface area contributed by atoms with Crippen molar-refractivity contribution in [3.63, 3.8) is 0 Å². The van der Waals surface area contributed by atoms with Gasteiger partial charge in [0.05, 0.1) is 5.52 Å². The predicted molar refractivity (Wildman–Crippen MR) is 64.1 cm³/mol. The summed E-state index contributed by atoms with van der Waals surface area (Å²) in [6.45, 7) is 4.39. The van der Waals surface area contributed by atoms with Crippen LogP contribution in [0.2, 0.25) is 0 Å². The van der Waals surface area contributed by atoms with Crippen LogP contribution in [-0.2, 0) is 6.42 Å². The van der Waals surface area contributed by atoms with Gasteiger partial charge in [-0.1, -0.05) is 31.9 Å². The fourth-order valence-electron chi connectivity index (χ4n) is 2.05. The van der Waals surface area contributed by atoms with Crippen molar-refractivity contribution >= 4 is 10.9 Å². The SMILES string of the molecule is CCCCCc1[nH]nc2cccc(C)c12. The van der Waals surface area contributed by atoms with Crippen LogP contribution in [0.5, 0.6) is 0 Å². The highest BCUT2D eigenvalue weighted by Crippen LogP contribution is 2.21. The van der Waals surface area contributed by atoms with Crippen LogP contribution in [0.1, 0.15) is 37.4 Å². The van der Waals surface area contributed by atoms with Crippen molar-refractivity contribution < 1.29 is 0 Å². The standard InChI is InChI=1S/C13H18N2/c1-3-4-5-8-11-13-10(2)7-6-9-12(13)15-14-11/h6-7,9H,3-5,8H2,1-2H3,(H,14,15). The molecule has 2 aromatic rings. The quantitative estimate of drug-likeness (QED) is 0.754. The van der Waals surface area contributed by atoms with Crippen molar-refractivity contribution in [2.45, 2.75) is 39.5 Å². The van der Waals surface area contributed by atoms with E-state index in [1.165, 1.54) is 35.9 Å². The number of aromatic amines is 1. The van der Waals surface area contributed by atoms with Crippen LogP contribution in [0.15, 0.2) is 18.2 Å². The van der Waals surface area contributed by atoms with Crippen molar-refractivity contribution in [2.75, 3.05) is 0 Å². The summed E-state index contributed by atoms with van der Waals surface area (Å²) in [5.41, 5.74) is 3.73. The van der Waals surface area contributed by atoms with Crippen LogP contribution >= 0.6 is 0 Å². The van der Waals surface area contributed by atoms with E-state index in [1.54, 1.807) is 0 Å². The molecule has 0 atom stereocenters. The number of rotatable bonds is 4. The molecular formula is C13H18N2. The number of aryl methyl sites for hydroxylation is 2. The Hall–Kier alpha value is -1.31. The molecule has 1 heterocycles. The summed E-state index contributed by atoms with van der Waals surface area (Å²) < 4.78 is 0. The van der Waals surface area contributed by atoms with E-state index in [0.717, 1.165) is 11.9 Å². The first kappa shape index (κ1) is 10.2. The Bertz CT molecular complexity index is 443. The molecule has 15 heavy (non-hydrogen) atoms. The van der Waals surface area contributed by atoms with E-state index in [2.05, 4.69) is 42.2 Å². The molecule has 0 aliphatic rings. The van der Waals surface area contributed by atoms with Crippen molar-refractivity contribution in [3.8, 4) is 0 Å². The Morgan fingerprint density at radius 2 is 2.13 bits per heavy atom. The Morgan fingerprint density at radius 1 is 1.27 bits per heavy atom. The van der Waals surface area contributed by atoms with E-state index < -0.39 is 0 Å². The van der Waals surface area contributed by atoms with Gasteiger partial charge in [-0.2, -0.15) is 5.10 Å². The van der Waals surface area contributed by atoms with Gasteiger partial charge in [-0.25, -0.2) is 0 Å². The fraction of sp³-hybridized carbons (Fsp3) is 0.462. The number of nitrogens with zero attached hydrogens (tertiary/aromatic N) is 1. The van der Waals surface area contributed by atoms with Crippen LogP contribution < -0.4 is 0 Å². The van der Waals surface area contributed by atoms with Crippen LogP contribution in [0, 0.1) is 6.92 Å². The maximum atomic E-state index is 4.33. The van der Waals surface area contributed by atoms with Gasteiger partial charge < -0.3 is 0 Å². The molecule has 0 aliphatic carbocycles. The van der Waals surface area contributed by atoms with Gasteiger partial charge in [0.15, 0.2) is 0 Å². The molecule has 2 nitrogen and oxygen atoms in total. The minimum atomic E-state index is 1.10. The van der Waals surface area contributed by atoms with Crippen molar-refractivity contribution in [1.29, 1.82) is 0 Å². The lowest BCUT2D eigenvalue weighted by atomic mass is 10.1. The van der Waals surface area contributed by atoms with Gasteiger partial charge in [-0.3, -0.25) is 5.10 Å². The average Bonchev–Trinajstić information content (AvgIpc) is 2.63. The molecule has 0 radical (unpaired) electrons. The summed E-state index contributed by atoms with van der Waals surface area (Å²) >= 11 is 0. The molecule has 0 amide bonds. The van der Waals surface area contributed by atoms with Gasteiger partial charge in [0.2, 0.25) is 0 Å². The summed E-state index contributed by atoms with van der Waals surface area (Å²) in [7, 11) is 0. The van der Waals surface area contributed by atoms with Gasteiger partial charge in [0.25, 0.3) is 0 Å². The third-order valence-corrected chi connectivity index (χ3v) is 2.89. The number of hydrogen-bond acceptors (Lipinski definition) is 1. The smallest absolute Gasteiger partial charge is 0.0926 e. The van der Waals surface area contributed by atoms with Gasteiger partial charge in [-0.15, -0.1) is 0 Å². The van der Waals surface area contributed by atoms with Crippen molar-refractivity contribution in [1.82, 2.24) is 10.2 Å². The molecule has 0 saturated heterocycles. The topological polar surface area (TPSA) is 28.7 Å². The average molecular weight is 202 g/mol. The largest absolute Gasteiger partial charge is 0.281 e. The zero-order chi connectivity index (χ0) is 10.7. The Kier molecular flexibility index (Phi) is 3.05. The molecule has 1 aromatic heterocycles. The number of benzene rings is 1. The number of nitrogens with one attached hydrogen (secondary N) is 1. The number of aromatic nitrogens is 2. The van der Waals surface area contributed by atoms with E-state index in [1.807, 2.05) is 0 Å². The number of fused-ring (bicyclic) bond motifs is 1. The second-order valence-corrected chi connectivity index (χ2v) is 4.13. The highest BCUT2D eigenvalue weighted by Gasteiger charge is 2.06. The summed E-state index contributed by atoms with van der Waals surface area (Å²) in [5.74, 6) is 0. The first-order valence-corrected chi connectivity index (χ1v) is 5.75. The summed E-state index contributed by atoms with van der Waals surface area (Å²) in [4.78, 5) is 0. The third-order valence-electron chi connectivity index (χ3n) is 2.89. The zero-order valence-corrected chi connectivity index (χ0v) is 9.51. The molecular weight excluding hydrogens is 184 g/mol. The number of unbranched alkanes of at least 4 members (excludes halogenated alkanes) is 2. The van der Waals surface area contributed by atoms with Crippen LogP contribution in [0.4, 0.5) is 0 Å². The van der Waals surface area contributed by atoms with Gasteiger partial charge in [-0.05, 0) is 31.4 Å². The number of H-pyrrole nitrogens is 1. The Morgan fingerprint density at radius 3 is 2.93 bits per heavy atom. The molecule has 0 unspecified atom stereocenters. The Balaban J connectivity index is 2.27. The summed E-state index contributed by atoms with van der Waals surface area (Å²) in [5, 5.41) is 8.82. The highest BCUT2D eigenvalue weighted by molar-refractivity contribution is 5.84. The molecule has 0 saturated carbocycles. The normalized spacial score (nSPS) is 11.1. The van der Waals surface area contributed by atoms with Crippen molar-refractivity contribution in [2.24, 2.45) is 0 Å². The highest BCUT2D eigenvalue weighted by atomic mass is 15.1. The van der Waals surface area contributed by atoms with Crippen LogP contribution in [-0.4, -0.2) is 10.2 Å². The molecule has 0 fully saturated rings. The molecule has 80 valence electrons. The molecule has 0 spiro atoms. The van der Waals surface area contributed by atoms with Gasteiger partial charge in [0, 0.05) is 11.1 Å². The van der Waals surface area contributed by atoms with Crippen LogP contribution in [0.25, 0.3) is 10.9 Å². The van der Waals surface area contributed by atoms with E-state index in [9.17, 15) is 0 Å². The maximum Gasteiger partial charge on any atom is 0.0926 e. The van der Waals surface area contributed by atoms with E-state index in [4.69, 9.17) is 0 Å². The minimum absolute atomic E-state index is 1.10. The second-order valence-electron chi connectivity index (χ2n) is 4.13. The van der Waals surface area contributed by atoms with Crippen LogP contribution in [0.3, 0.4) is 0 Å². The van der Waals surface area contributed by atoms with E-state index >= 15 is 0 Å². The minimum Gasteiger partial charge on any atom is -0.281 e. The van der Waals surface area contributed by atoms with E-state index in [-0.39, 0.29) is 0 Å². The van der Waals surface area contributed by atoms with Gasteiger partial charge >= 0.3 is 0 Å². The zero-order valence-electron chi connectivity index (χ0n) is 9.51. The molecule has 2 heteroatoms. The second kappa shape index (κ2) is 4.47. The maximum absolute atomic E-state index is 4.33. The lowest BCUT2D eigenvalue weighted by molar-refractivity contribution is 0.707. The first-order chi connectivity index (χ1) is 7.33. The van der Waals surface area contributed by atoms with Gasteiger partial charge in [0.1, 0.15) is 0 Å². The first-order valence-electron chi connectivity index (χ1n) is 5.75. The lowest BCUT2D eigenvalue weighted by Crippen LogP contribution is -1.87. The van der Waals surface area contributed by atoms with E-state index in [0.29, 0.717) is 0 Å². The fourth-order valence-corrected chi connectivity index (χ4v) is 2.05. The summed E-state index contributed by atoms with van der Waals surface area (Å²) in [6, 6.07) is 6.29. The third kappa shape index (κ3) is 2.04. The number of hydrogen-bond donors (Lipinski definition) is 1. The Labute approximate surface area is 90.7 Å². The van der Waals surface area contributed by atoms with Crippen molar-refractivity contribution in [3.05, 3.63) is 29.5 Å². The predicted octanol–water partition coefficient (Wildman–Crippen LogP) is 3.60. The lowest BCUT2D eigenvalue weighted by Gasteiger charge is -2.00. The monoisotopic (exact) mass is 202 g/mol. The molecule has 2 rings (SSSR count). The molecule has 0 aliphatic heterocycles. The molecule has 1 N–H and O–H groups in total. The molecule has 1 aromatic carbocycles. The summed E-state index contributed by atoms with van der Waals surface area (Å²) in [6.07, 6.45) is 4.94. The molecule has 0 bridgehead atoms.